The zero-order valence-corrected chi connectivity index (χ0v) is 11.6. The molecule has 0 aliphatic heterocycles. The van der Waals surface area contributed by atoms with Crippen LogP contribution in [-0.4, -0.2) is 10.9 Å². The van der Waals surface area contributed by atoms with Crippen LogP contribution in [-0.2, 0) is 6.42 Å². The molecule has 92 valence electrons. The lowest BCUT2D eigenvalue weighted by atomic mass is 10.2. The molecule has 1 N–H and O–H groups in total. The van der Waals surface area contributed by atoms with Crippen molar-refractivity contribution in [1.82, 2.24) is 4.98 Å². The summed E-state index contributed by atoms with van der Waals surface area (Å²) in [5.41, 5.74) is 1.76. The van der Waals surface area contributed by atoms with Gasteiger partial charge in [0.15, 0.2) is 0 Å². The molecule has 0 saturated carbocycles. The van der Waals surface area contributed by atoms with Crippen molar-refractivity contribution in [3.63, 3.8) is 0 Å². The molecule has 0 saturated heterocycles. The molecule has 0 spiro atoms. The van der Waals surface area contributed by atoms with Crippen LogP contribution in [0.1, 0.15) is 22.8 Å². The Kier molecular flexibility index (Phi) is 4.10. The van der Waals surface area contributed by atoms with Gasteiger partial charge < -0.3 is 5.32 Å². The van der Waals surface area contributed by atoms with Crippen molar-refractivity contribution in [3.8, 4) is 0 Å². The molecule has 3 nitrogen and oxygen atoms in total. The van der Waals surface area contributed by atoms with E-state index >= 15 is 0 Å². The van der Waals surface area contributed by atoms with Crippen molar-refractivity contribution in [2.45, 2.75) is 13.3 Å². The SMILES string of the molecule is CCc1ccnc(NC(=O)c2ccc(Br)cc2)c1. The minimum absolute atomic E-state index is 0.150. The third-order valence-electron chi connectivity index (χ3n) is 2.58. The van der Waals surface area contributed by atoms with E-state index < -0.39 is 0 Å². The van der Waals surface area contributed by atoms with Gasteiger partial charge in [-0.2, -0.15) is 0 Å². The Labute approximate surface area is 114 Å². The number of nitrogens with zero attached hydrogens (tertiary/aromatic N) is 1. The van der Waals surface area contributed by atoms with E-state index in [0.717, 1.165) is 16.5 Å². The highest BCUT2D eigenvalue weighted by molar-refractivity contribution is 9.10. The highest BCUT2D eigenvalue weighted by Crippen LogP contribution is 2.13. The van der Waals surface area contributed by atoms with Gasteiger partial charge in [-0.25, -0.2) is 4.98 Å². The maximum absolute atomic E-state index is 12.0. The second kappa shape index (κ2) is 5.78. The Morgan fingerprint density at radius 2 is 2.00 bits per heavy atom. The second-order valence-electron chi connectivity index (χ2n) is 3.86. The van der Waals surface area contributed by atoms with E-state index in [1.54, 1.807) is 18.3 Å². The van der Waals surface area contributed by atoms with Crippen molar-refractivity contribution in [2.24, 2.45) is 0 Å². The number of anilines is 1. The van der Waals surface area contributed by atoms with Crippen molar-refractivity contribution in [3.05, 3.63) is 58.2 Å². The smallest absolute Gasteiger partial charge is 0.256 e. The van der Waals surface area contributed by atoms with Gasteiger partial charge in [0.05, 0.1) is 0 Å². The van der Waals surface area contributed by atoms with Gasteiger partial charge >= 0.3 is 0 Å². The van der Waals surface area contributed by atoms with Crippen LogP contribution < -0.4 is 5.32 Å². The molecule has 0 aliphatic rings. The topological polar surface area (TPSA) is 42.0 Å². The number of pyridine rings is 1. The molecule has 0 fully saturated rings. The summed E-state index contributed by atoms with van der Waals surface area (Å²) in [6.07, 6.45) is 2.62. The number of hydrogen-bond acceptors (Lipinski definition) is 2. The van der Waals surface area contributed by atoms with Gasteiger partial charge in [-0.15, -0.1) is 0 Å². The number of amides is 1. The standard InChI is InChI=1S/C14H13BrN2O/c1-2-10-7-8-16-13(9-10)17-14(18)11-3-5-12(15)6-4-11/h3-9H,2H2,1H3,(H,16,17,18). The number of nitrogens with one attached hydrogen (secondary N) is 1. The molecular weight excluding hydrogens is 292 g/mol. The van der Waals surface area contributed by atoms with Crippen LogP contribution in [0.5, 0.6) is 0 Å². The number of aryl methyl sites for hydroxylation is 1. The molecule has 4 heteroatoms. The van der Waals surface area contributed by atoms with Crippen molar-refractivity contribution >= 4 is 27.7 Å². The number of carbonyl (C=O) groups is 1. The van der Waals surface area contributed by atoms with Crippen molar-refractivity contribution in [2.75, 3.05) is 5.32 Å². The molecule has 0 radical (unpaired) electrons. The van der Waals surface area contributed by atoms with Crippen molar-refractivity contribution < 1.29 is 4.79 Å². The highest BCUT2D eigenvalue weighted by Gasteiger charge is 2.06. The summed E-state index contributed by atoms with van der Waals surface area (Å²) in [6.45, 7) is 2.07. The summed E-state index contributed by atoms with van der Waals surface area (Å²) < 4.78 is 0.949. The molecule has 1 heterocycles. The lowest BCUT2D eigenvalue weighted by Gasteiger charge is -2.05. The Hall–Kier alpha value is -1.68. The fraction of sp³-hybridized carbons (Fsp3) is 0.143. The summed E-state index contributed by atoms with van der Waals surface area (Å²) in [6, 6.07) is 11.0. The van der Waals surface area contributed by atoms with Crippen LogP contribution in [0.15, 0.2) is 47.1 Å². The largest absolute Gasteiger partial charge is 0.307 e. The highest BCUT2D eigenvalue weighted by atomic mass is 79.9. The summed E-state index contributed by atoms with van der Waals surface area (Å²) in [4.78, 5) is 16.1. The zero-order valence-electron chi connectivity index (χ0n) is 9.98. The van der Waals surface area contributed by atoms with Crippen LogP contribution in [0.25, 0.3) is 0 Å². The van der Waals surface area contributed by atoms with Crippen molar-refractivity contribution in [1.29, 1.82) is 0 Å². The van der Waals surface area contributed by atoms with E-state index in [-0.39, 0.29) is 5.91 Å². The van der Waals surface area contributed by atoms with E-state index in [1.807, 2.05) is 24.3 Å². The zero-order chi connectivity index (χ0) is 13.0. The van der Waals surface area contributed by atoms with Crippen LogP contribution >= 0.6 is 15.9 Å². The van der Waals surface area contributed by atoms with Gasteiger partial charge in [-0.05, 0) is 48.4 Å². The summed E-state index contributed by atoms with van der Waals surface area (Å²) >= 11 is 3.34. The van der Waals surface area contributed by atoms with E-state index in [2.05, 4.69) is 33.2 Å². The Bertz CT molecular complexity index is 552. The number of carbonyl (C=O) groups excluding carboxylic acids is 1. The van der Waals surface area contributed by atoms with Crippen LogP contribution in [0.3, 0.4) is 0 Å². The van der Waals surface area contributed by atoms with E-state index in [9.17, 15) is 4.79 Å². The Morgan fingerprint density at radius 1 is 1.28 bits per heavy atom. The van der Waals surface area contributed by atoms with Gasteiger partial charge in [0.2, 0.25) is 0 Å². The van der Waals surface area contributed by atoms with Gasteiger partial charge in [0.25, 0.3) is 5.91 Å². The number of halogens is 1. The third kappa shape index (κ3) is 3.17. The van der Waals surface area contributed by atoms with Crippen LogP contribution in [0, 0.1) is 0 Å². The molecule has 2 rings (SSSR count). The summed E-state index contributed by atoms with van der Waals surface area (Å²) in [5, 5.41) is 2.79. The molecular formula is C14H13BrN2O. The fourth-order valence-electron chi connectivity index (χ4n) is 1.55. The average molecular weight is 305 g/mol. The van der Waals surface area contributed by atoms with E-state index in [4.69, 9.17) is 0 Å². The van der Waals surface area contributed by atoms with Gasteiger partial charge in [-0.3, -0.25) is 4.79 Å². The quantitative estimate of drug-likeness (QED) is 0.940. The first kappa shape index (κ1) is 12.8. The maximum atomic E-state index is 12.0. The third-order valence-corrected chi connectivity index (χ3v) is 3.11. The minimum Gasteiger partial charge on any atom is -0.307 e. The molecule has 0 atom stereocenters. The first-order valence-corrected chi connectivity index (χ1v) is 6.50. The van der Waals surface area contributed by atoms with Gasteiger partial charge in [-0.1, -0.05) is 22.9 Å². The number of hydrogen-bond donors (Lipinski definition) is 1. The predicted molar refractivity (Wildman–Crippen MR) is 75.7 cm³/mol. The monoisotopic (exact) mass is 304 g/mol. The predicted octanol–water partition coefficient (Wildman–Crippen LogP) is 3.66. The maximum Gasteiger partial charge on any atom is 0.256 e. The molecule has 0 unspecified atom stereocenters. The van der Waals surface area contributed by atoms with Crippen LogP contribution in [0.2, 0.25) is 0 Å². The Balaban J connectivity index is 2.13. The molecule has 2 aromatic rings. The van der Waals surface area contributed by atoms with Gasteiger partial charge in [0, 0.05) is 16.2 Å². The molecule has 1 aromatic carbocycles. The normalized spacial score (nSPS) is 10.1. The number of benzene rings is 1. The van der Waals surface area contributed by atoms with E-state index in [1.165, 1.54) is 0 Å². The number of rotatable bonds is 3. The molecule has 1 amide bonds. The summed E-state index contributed by atoms with van der Waals surface area (Å²) in [5.74, 6) is 0.436. The molecule has 0 aliphatic carbocycles. The number of aromatic nitrogens is 1. The molecule has 1 aromatic heterocycles. The second-order valence-corrected chi connectivity index (χ2v) is 4.78. The lowest BCUT2D eigenvalue weighted by molar-refractivity contribution is 0.102. The van der Waals surface area contributed by atoms with Gasteiger partial charge in [0.1, 0.15) is 5.82 Å². The first-order chi connectivity index (χ1) is 8.69. The first-order valence-electron chi connectivity index (χ1n) is 5.71. The van der Waals surface area contributed by atoms with E-state index in [0.29, 0.717) is 11.4 Å². The Morgan fingerprint density at radius 3 is 2.67 bits per heavy atom. The van der Waals surface area contributed by atoms with Crippen LogP contribution in [0.4, 0.5) is 5.82 Å². The minimum atomic E-state index is -0.150. The fourth-order valence-corrected chi connectivity index (χ4v) is 1.82. The summed E-state index contributed by atoms with van der Waals surface area (Å²) in [7, 11) is 0. The average Bonchev–Trinajstić information content (AvgIpc) is 2.39. The molecule has 0 bridgehead atoms. The lowest BCUT2D eigenvalue weighted by Crippen LogP contribution is -2.12. The molecule has 18 heavy (non-hydrogen) atoms.